The number of methoxy groups -OCH3 is 1. The Morgan fingerprint density at radius 2 is 1.69 bits per heavy atom. The van der Waals surface area contributed by atoms with Crippen molar-refractivity contribution in [3.8, 4) is 11.5 Å². The standard InChI is InChI=1S/C27H23BrN2O5/c1-16-9-10-20(11-17(16)2)30-26(32)21(25(31)29-27(30)33)12-19-13-23(34-3)24(14-22(19)28)35-15-18-7-5-4-6-8-18/h4-14H,15H2,1-3H3,(H,29,31,33)/b21-12+. The van der Waals surface area contributed by atoms with Gasteiger partial charge in [0.2, 0.25) is 0 Å². The molecule has 8 heteroatoms. The SMILES string of the molecule is COc1cc(/C=C2\C(=O)NC(=O)N(c3ccc(C)c(C)c3)C2=O)c(Br)cc1OCc1ccccc1. The molecule has 0 unspecified atom stereocenters. The molecule has 0 atom stereocenters. The molecule has 0 saturated carbocycles. The van der Waals surface area contributed by atoms with Gasteiger partial charge in [-0.15, -0.1) is 0 Å². The van der Waals surface area contributed by atoms with Gasteiger partial charge in [-0.3, -0.25) is 14.9 Å². The Morgan fingerprint density at radius 3 is 2.37 bits per heavy atom. The predicted molar refractivity (Wildman–Crippen MR) is 136 cm³/mol. The number of benzene rings is 3. The first-order valence-corrected chi connectivity index (χ1v) is 11.6. The average Bonchev–Trinajstić information content (AvgIpc) is 2.84. The summed E-state index contributed by atoms with van der Waals surface area (Å²) in [5.74, 6) is -0.550. The summed E-state index contributed by atoms with van der Waals surface area (Å²) in [6.07, 6.45) is 1.42. The van der Waals surface area contributed by atoms with Crippen molar-refractivity contribution >= 4 is 45.5 Å². The Kier molecular flexibility index (Phi) is 7.02. The third kappa shape index (κ3) is 5.12. The molecule has 1 N–H and O–H groups in total. The van der Waals surface area contributed by atoms with Crippen LogP contribution in [-0.2, 0) is 16.2 Å². The molecule has 0 radical (unpaired) electrons. The van der Waals surface area contributed by atoms with Gasteiger partial charge >= 0.3 is 6.03 Å². The summed E-state index contributed by atoms with van der Waals surface area (Å²) in [6, 6.07) is 17.5. The Balaban J connectivity index is 1.66. The molecule has 7 nitrogen and oxygen atoms in total. The van der Waals surface area contributed by atoms with Gasteiger partial charge in [0.1, 0.15) is 12.2 Å². The fourth-order valence-electron chi connectivity index (χ4n) is 3.58. The second kappa shape index (κ2) is 10.1. The van der Waals surface area contributed by atoms with Crippen LogP contribution in [0, 0.1) is 13.8 Å². The third-order valence-corrected chi connectivity index (χ3v) is 6.36. The summed E-state index contributed by atoms with van der Waals surface area (Å²) in [5, 5.41) is 2.25. The number of hydrogen-bond donors (Lipinski definition) is 1. The van der Waals surface area contributed by atoms with Gasteiger partial charge in [-0.2, -0.15) is 0 Å². The molecule has 0 spiro atoms. The van der Waals surface area contributed by atoms with E-state index in [0.717, 1.165) is 21.6 Å². The molecule has 178 valence electrons. The average molecular weight is 535 g/mol. The number of nitrogens with zero attached hydrogens (tertiary/aromatic N) is 1. The van der Waals surface area contributed by atoms with E-state index in [9.17, 15) is 14.4 Å². The molecular weight excluding hydrogens is 512 g/mol. The zero-order chi connectivity index (χ0) is 25.1. The molecule has 3 aromatic carbocycles. The van der Waals surface area contributed by atoms with Crippen LogP contribution in [0.25, 0.3) is 6.08 Å². The van der Waals surface area contributed by atoms with Crippen LogP contribution in [0.15, 0.2) is 70.7 Å². The van der Waals surface area contributed by atoms with Crippen LogP contribution < -0.4 is 19.7 Å². The van der Waals surface area contributed by atoms with Gasteiger partial charge in [-0.05, 0) is 66.4 Å². The first kappa shape index (κ1) is 24.2. The maximum atomic E-state index is 13.2. The van der Waals surface area contributed by atoms with Crippen LogP contribution in [0.5, 0.6) is 11.5 Å². The van der Waals surface area contributed by atoms with Crippen LogP contribution in [0.3, 0.4) is 0 Å². The van der Waals surface area contributed by atoms with Crippen molar-refractivity contribution in [2.45, 2.75) is 20.5 Å². The lowest BCUT2D eigenvalue weighted by atomic mass is 10.0. The van der Waals surface area contributed by atoms with Gasteiger partial charge in [0.25, 0.3) is 11.8 Å². The lowest BCUT2D eigenvalue weighted by Gasteiger charge is -2.27. The molecule has 3 aromatic rings. The molecule has 4 amide bonds. The normalized spacial score (nSPS) is 14.8. The summed E-state index contributed by atoms with van der Waals surface area (Å²) in [6.45, 7) is 4.17. The Bertz CT molecular complexity index is 1350. The van der Waals surface area contributed by atoms with Crippen molar-refractivity contribution in [1.29, 1.82) is 0 Å². The molecular formula is C27H23BrN2O5. The van der Waals surface area contributed by atoms with Gasteiger partial charge in [0.05, 0.1) is 12.8 Å². The number of urea groups is 1. The number of rotatable bonds is 6. The number of carbonyl (C=O) groups is 3. The minimum atomic E-state index is -0.790. The van der Waals surface area contributed by atoms with Gasteiger partial charge in [-0.25, -0.2) is 9.69 Å². The van der Waals surface area contributed by atoms with Gasteiger partial charge in [-0.1, -0.05) is 52.3 Å². The van der Waals surface area contributed by atoms with E-state index in [4.69, 9.17) is 9.47 Å². The molecule has 0 bridgehead atoms. The van der Waals surface area contributed by atoms with E-state index in [-0.39, 0.29) is 5.57 Å². The number of imide groups is 2. The van der Waals surface area contributed by atoms with Crippen molar-refractivity contribution in [2.75, 3.05) is 12.0 Å². The van der Waals surface area contributed by atoms with Crippen LogP contribution in [0.1, 0.15) is 22.3 Å². The van der Waals surface area contributed by atoms with E-state index in [1.165, 1.54) is 13.2 Å². The molecule has 35 heavy (non-hydrogen) atoms. The lowest BCUT2D eigenvalue weighted by molar-refractivity contribution is -0.122. The Morgan fingerprint density at radius 1 is 0.943 bits per heavy atom. The van der Waals surface area contributed by atoms with Crippen molar-refractivity contribution in [3.05, 3.63) is 93.0 Å². The summed E-state index contributed by atoms with van der Waals surface area (Å²) >= 11 is 3.49. The number of ether oxygens (including phenoxy) is 2. The number of amides is 4. The second-order valence-corrected chi connectivity index (χ2v) is 8.88. The number of barbiturate groups is 1. The van der Waals surface area contributed by atoms with Crippen LogP contribution in [-0.4, -0.2) is 25.0 Å². The molecule has 4 rings (SSSR count). The largest absolute Gasteiger partial charge is 0.493 e. The van der Waals surface area contributed by atoms with E-state index < -0.39 is 17.8 Å². The molecule has 1 aliphatic rings. The molecule has 1 saturated heterocycles. The van der Waals surface area contributed by atoms with E-state index in [0.29, 0.717) is 33.8 Å². The number of aryl methyl sites for hydroxylation is 2. The molecule has 1 fully saturated rings. The summed E-state index contributed by atoms with van der Waals surface area (Å²) in [4.78, 5) is 39.3. The maximum Gasteiger partial charge on any atom is 0.335 e. The van der Waals surface area contributed by atoms with E-state index in [1.54, 1.807) is 24.3 Å². The number of hydrogen-bond acceptors (Lipinski definition) is 5. The lowest BCUT2D eigenvalue weighted by Crippen LogP contribution is -2.54. The number of nitrogens with one attached hydrogen (secondary N) is 1. The Labute approximate surface area is 211 Å². The molecule has 0 aromatic heterocycles. The van der Waals surface area contributed by atoms with Crippen molar-refractivity contribution in [1.82, 2.24) is 5.32 Å². The maximum absolute atomic E-state index is 13.2. The monoisotopic (exact) mass is 534 g/mol. The van der Waals surface area contributed by atoms with Crippen LogP contribution in [0.4, 0.5) is 10.5 Å². The quantitative estimate of drug-likeness (QED) is 0.341. The van der Waals surface area contributed by atoms with Crippen LogP contribution >= 0.6 is 15.9 Å². The predicted octanol–water partition coefficient (Wildman–Crippen LogP) is 5.32. The molecule has 1 aliphatic heterocycles. The van der Waals surface area contributed by atoms with Gasteiger partial charge in [0, 0.05) is 4.47 Å². The van der Waals surface area contributed by atoms with E-state index in [1.807, 2.05) is 50.2 Å². The second-order valence-electron chi connectivity index (χ2n) is 8.03. The highest BCUT2D eigenvalue weighted by Gasteiger charge is 2.37. The highest BCUT2D eigenvalue weighted by molar-refractivity contribution is 9.10. The number of anilines is 1. The summed E-state index contributed by atoms with van der Waals surface area (Å²) < 4.78 is 12.0. The first-order chi connectivity index (χ1) is 16.8. The minimum Gasteiger partial charge on any atom is -0.493 e. The minimum absolute atomic E-state index is 0.177. The zero-order valence-corrected chi connectivity index (χ0v) is 21.0. The van der Waals surface area contributed by atoms with Crippen molar-refractivity contribution < 1.29 is 23.9 Å². The fourth-order valence-corrected chi connectivity index (χ4v) is 4.02. The smallest absolute Gasteiger partial charge is 0.335 e. The van der Waals surface area contributed by atoms with Gasteiger partial charge < -0.3 is 9.47 Å². The van der Waals surface area contributed by atoms with Crippen molar-refractivity contribution in [2.24, 2.45) is 0 Å². The third-order valence-electron chi connectivity index (χ3n) is 5.67. The first-order valence-electron chi connectivity index (χ1n) is 10.8. The fraction of sp³-hybridized carbons (Fsp3) is 0.148. The van der Waals surface area contributed by atoms with Crippen LogP contribution in [0.2, 0.25) is 0 Å². The Hall–Kier alpha value is -3.91. The van der Waals surface area contributed by atoms with E-state index in [2.05, 4.69) is 21.2 Å². The zero-order valence-electron chi connectivity index (χ0n) is 19.4. The number of carbonyl (C=O) groups excluding carboxylic acids is 3. The summed E-state index contributed by atoms with van der Waals surface area (Å²) in [5.41, 5.74) is 3.67. The van der Waals surface area contributed by atoms with Crippen molar-refractivity contribution in [3.63, 3.8) is 0 Å². The van der Waals surface area contributed by atoms with Gasteiger partial charge in [0.15, 0.2) is 11.5 Å². The highest BCUT2D eigenvalue weighted by atomic mass is 79.9. The topological polar surface area (TPSA) is 84.9 Å². The van der Waals surface area contributed by atoms with E-state index >= 15 is 0 Å². The molecule has 0 aliphatic carbocycles. The summed E-state index contributed by atoms with van der Waals surface area (Å²) in [7, 11) is 1.51. The number of halogens is 1. The molecule has 1 heterocycles. The highest BCUT2D eigenvalue weighted by Crippen LogP contribution is 2.36.